The molecule has 0 aromatic carbocycles. The third kappa shape index (κ3) is 2.99. The normalized spacial score (nSPS) is 23.4. The van der Waals surface area contributed by atoms with E-state index in [-0.39, 0.29) is 11.3 Å². The molecule has 0 bridgehead atoms. The van der Waals surface area contributed by atoms with Crippen molar-refractivity contribution in [3.05, 3.63) is 0 Å². The lowest BCUT2D eigenvalue weighted by molar-refractivity contribution is -0.132. The zero-order chi connectivity index (χ0) is 12.1. The van der Waals surface area contributed by atoms with E-state index in [1.165, 1.54) is 12.8 Å². The number of nitrogens with one attached hydrogen (secondary N) is 2. The summed E-state index contributed by atoms with van der Waals surface area (Å²) in [7, 11) is 1.71. The molecule has 1 amide bonds. The number of amides is 1. The maximum absolute atomic E-state index is 12.3. The molecule has 2 fully saturated rings. The first-order chi connectivity index (χ1) is 8.27. The molecule has 4 heteroatoms. The average Bonchev–Trinajstić information content (AvgIpc) is 2.74. The summed E-state index contributed by atoms with van der Waals surface area (Å²) in [5.41, 5.74) is -0.132. The highest BCUT2D eigenvalue weighted by Gasteiger charge is 2.40. The molecule has 2 rings (SSSR count). The van der Waals surface area contributed by atoms with Gasteiger partial charge in [0.05, 0.1) is 5.41 Å². The van der Waals surface area contributed by atoms with Crippen LogP contribution >= 0.6 is 0 Å². The summed E-state index contributed by atoms with van der Waals surface area (Å²) in [5.74, 6) is 0.902. The SMILES string of the molecule is COCCC1(C(=O)NCC2CNC2)CCCC1. The molecule has 2 aliphatic rings. The number of ether oxygens (including phenoxy) is 1. The van der Waals surface area contributed by atoms with E-state index in [1.807, 2.05) is 0 Å². The van der Waals surface area contributed by atoms with E-state index in [0.29, 0.717) is 12.5 Å². The zero-order valence-electron chi connectivity index (χ0n) is 10.8. The summed E-state index contributed by atoms with van der Waals surface area (Å²) >= 11 is 0. The zero-order valence-corrected chi connectivity index (χ0v) is 10.8. The monoisotopic (exact) mass is 240 g/mol. The second kappa shape index (κ2) is 5.83. The third-order valence-electron chi connectivity index (χ3n) is 4.24. The summed E-state index contributed by atoms with van der Waals surface area (Å²) in [6.07, 6.45) is 5.30. The Kier molecular flexibility index (Phi) is 4.40. The fourth-order valence-corrected chi connectivity index (χ4v) is 2.86. The number of rotatable bonds is 6. The predicted octanol–water partition coefficient (Wildman–Crippen LogP) is 0.919. The van der Waals surface area contributed by atoms with Gasteiger partial charge >= 0.3 is 0 Å². The lowest BCUT2D eigenvalue weighted by Gasteiger charge is -2.31. The van der Waals surface area contributed by atoms with Crippen LogP contribution in [0.5, 0.6) is 0 Å². The van der Waals surface area contributed by atoms with Gasteiger partial charge in [-0.15, -0.1) is 0 Å². The van der Waals surface area contributed by atoms with Crippen LogP contribution in [0.1, 0.15) is 32.1 Å². The standard InChI is InChI=1S/C13H24N2O2/c1-17-7-6-13(4-2-3-5-13)12(16)15-10-11-8-14-9-11/h11,14H,2-10H2,1H3,(H,15,16). The maximum atomic E-state index is 12.3. The molecule has 2 N–H and O–H groups in total. The average molecular weight is 240 g/mol. The summed E-state index contributed by atoms with van der Waals surface area (Å²) in [6, 6.07) is 0. The van der Waals surface area contributed by atoms with Gasteiger partial charge in [-0.1, -0.05) is 12.8 Å². The summed E-state index contributed by atoms with van der Waals surface area (Å²) in [5, 5.41) is 6.37. The Morgan fingerprint density at radius 1 is 1.41 bits per heavy atom. The molecule has 1 aliphatic carbocycles. The van der Waals surface area contributed by atoms with Crippen LogP contribution in [-0.4, -0.2) is 39.3 Å². The van der Waals surface area contributed by atoms with Crippen molar-refractivity contribution in [2.75, 3.05) is 33.4 Å². The lowest BCUT2D eigenvalue weighted by Crippen LogP contribution is -2.50. The Balaban J connectivity index is 1.83. The van der Waals surface area contributed by atoms with E-state index in [1.54, 1.807) is 7.11 Å². The Labute approximate surface area is 103 Å². The minimum atomic E-state index is -0.132. The summed E-state index contributed by atoms with van der Waals surface area (Å²) in [6.45, 7) is 3.62. The second-order valence-electron chi connectivity index (χ2n) is 5.46. The van der Waals surface area contributed by atoms with Crippen molar-refractivity contribution in [3.8, 4) is 0 Å². The van der Waals surface area contributed by atoms with Gasteiger partial charge in [-0.2, -0.15) is 0 Å². The van der Waals surface area contributed by atoms with Crippen LogP contribution in [0.3, 0.4) is 0 Å². The highest BCUT2D eigenvalue weighted by Crippen LogP contribution is 2.41. The number of carbonyl (C=O) groups is 1. The van der Waals surface area contributed by atoms with Crippen molar-refractivity contribution in [3.63, 3.8) is 0 Å². The van der Waals surface area contributed by atoms with Crippen molar-refractivity contribution >= 4 is 5.91 Å². The third-order valence-corrected chi connectivity index (χ3v) is 4.24. The quantitative estimate of drug-likeness (QED) is 0.726. The van der Waals surface area contributed by atoms with Gasteiger partial charge in [0, 0.05) is 39.3 Å². The van der Waals surface area contributed by atoms with E-state index in [2.05, 4.69) is 10.6 Å². The first kappa shape index (κ1) is 12.8. The minimum Gasteiger partial charge on any atom is -0.385 e. The van der Waals surface area contributed by atoms with Gasteiger partial charge in [0.15, 0.2) is 0 Å². The van der Waals surface area contributed by atoms with Gasteiger partial charge in [0.25, 0.3) is 0 Å². The number of carbonyl (C=O) groups excluding carboxylic acids is 1. The molecular weight excluding hydrogens is 216 g/mol. The van der Waals surface area contributed by atoms with E-state index < -0.39 is 0 Å². The molecule has 0 atom stereocenters. The van der Waals surface area contributed by atoms with Crippen LogP contribution in [0.4, 0.5) is 0 Å². The van der Waals surface area contributed by atoms with Crippen molar-refractivity contribution in [1.29, 1.82) is 0 Å². The Morgan fingerprint density at radius 3 is 2.65 bits per heavy atom. The first-order valence-electron chi connectivity index (χ1n) is 6.75. The second-order valence-corrected chi connectivity index (χ2v) is 5.46. The van der Waals surface area contributed by atoms with Crippen LogP contribution < -0.4 is 10.6 Å². The van der Waals surface area contributed by atoms with Crippen molar-refractivity contribution in [2.24, 2.45) is 11.3 Å². The maximum Gasteiger partial charge on any atom is 0.226 e. The molecule has 0 aromatic rings. The molecule has 1 aliphatic heterocycles. The molecule has 17 heavy (non-hydrogen) atoms. The predicted molar refractivity (Wildman–Crippen MR) is 66.8 cm³/mol. The number of methoxy groups -OCH3 is 1. The highest BCUT2D eigenvalue weighted by molar-refractivity contribution is 5.82. The van der Waals surface area contributed by atoms with E-state index in [4.69, 9.17) is 4.74 Å². The molecule has 0 radical (unpaired) electrons. The number of hydrogen-bond donors (Lipinski definition) is 2. The summed E-state index contributed by atoms with van der Waals surface area (Å²) in [4.78, 5) is 12.3. The Morgan fingerprint density at radius 2 is 2.12 bits per heavy atom. The minimum absolute atomic E-state index is 0.132. The van der Waals surface area contributed by atoms with Crippen molar-refractivity contribution in [1.82, 2.24) is 10.6 Å². The van der Waals surface area contributed by atoms with Crippen molar-refractivity contribution < 1.29 is 9.53 Å². The van der Waals surface area contributed by atoms with E-state index >= 15 is 0 Å². The molecule has 0 spiro atoms. The van der Waals surface area contributed by atoms with E-state index in [9.17, 15) is 4.79 Å². The van der Waals surface area contributed by atoms with Gasteiger partial charge in [0.1, 0.15) is 0 Å². The van der Waals surface area contributed by atoms with Crippen LogP contribution in [0.15, 0.2) is 0 Å². The fourth-order valence-electron chi connectivity index (χ4n) is 2.86. The Hall–Kier alpha value is -0.610. The Bertz CT molecular complexity index is 258. The largest absolute Gasteiger partial charge is 0.385 e. The smallest absolute Gasteiger partial charge is 0.226 e. The molecule has 98 valence electrons. The highest BCUT2D eigenvalue weighted by atomic mass is 16.5. The van der Waals surface area contributed by atoms with Gasteiger partial charge in [0.2, 0.25) is 5.91 Å². The van der Waals surface area contributed by atoms with Crippen LogP contribution in [-0.2, 0) is 9.53 Å². The van der Waals surface area contributed by atoms with Crippen molar-refractivity contribution in [2.45, 2.75) is 32.1 Å². The first-order valence-corrected chi connectivity index (χ1v) is 6.75. The van der Waals surface area contributed by atoms with Gasteiger partial charge < -0.3 is 15.4 Å². The lowest BCUT2D eigenvalue weighted by atomic mass is 9.81. The molecule has 0 unspecified atom stereocenters. The fraction of sp³-hybridized carbons (Fsp3) is 0.923. The molecule has 1 heterocycles. The molecule has 4 nitrogen and oxygen atoms in total. The van der Waals surface area contributed by atoms with Crippen LogP contribution in [0.25, 0.3) is 0 Å². The van der Waals surface area contributed by atoms with Crippen LogP contribution in [0.2, 0.25) is 0 Å². The van der Waals surface area contributed by atoms with Crippen LogP contribution in [0, 0.1) is 11.3 Å². The number of hydrogen-bond acceptors (Lipinski definition) is 3. The molecule has 0 aromatic heterocycles. The summed E-state index contributed by atoms with van der Waals surface area (Å²) < 4.78 is 5.15. The van der Waals surface area contributed by atoms with Gasteiger partial charge in [-0.05, 0) is 19.3 Å². The molecule has 1 saturated heterocycles. The molecular formula is C13H24N2O2. The molecule has 1 saturated carbocycles. The van der Waals surface area contributed by atoms with Gasteiger partial charge in [-0.25, -0.2) is 0 Å². The van der Waals surface area contributed by atoms with Gasteiger partial charge in [-0.3, -0.25) is 4.79 Å². The van der Waals surface area contributed by atoms with E-state index in [0.717, 1.165) is 38.9 Å². The topological polar surface area (TPSA) is 50.4 Å².